The topological polar surface area (TPSA) is 138 Å². The van der Waals surface area contributed by atoms with E-state index in [1.54, 1.807) is 0 Å². The number of ether oxygens (including phenoxy) is 2. The van der Waals surface area contributed by atoms with E-state index in [0.29, 0.717) is 43.5 Å². The highest BCUT2D eigenvalue weighted by molar-refractivity contribution is 7.80. The summed E-state index contributed by atoms with van der Waals surface area (Å²) >= 11 is 5.66. The molecule has 3 N–H and O–H groups in total. The molecule has 1 fully saturated rings. The smallest absolute Gasteiger partial charge is 0.337 e. The molecule has 4 aromatic rings. The molecule has 0 spiro atoms. The Bertz CT molecular complexity index is 1720. The van der Waals surface area contributed by atoms with E-state index in [0.717, 1.165) is 22.5 Å². The number of anilines is 2. The Balaban J connectivity index is 1.44. The second-order valence-electron chi connectivity index (χ2n) is 11.5. The van der Waals surface area contributed by atoms with Crippen LogP contribution in [0.2, 0.25) is 0 Å². The zero-order chi connectivity index (χ0) is 34.3. The molecule has 5 rings (SSSR count). The number of carbonyl (C=O) groups is 2. The van der Waals surface area contributed by atoms with Crippen molar-refractivity contribution in [3.05, 3.63) is 119 Å². The number of methoxy groups -OCH3 is 2. The van der Waals surface area contributed by atoms with Crippen molar-refractivity contribution in [2.45, 2.75) is 32.3 Å². The number of hydrogen-bond acceptors (Lipinski definition) is 8. The van der Waals surface area contributed by atoms with E-state index in [4.69, 9.17) is 26.7 Å². The predicted octanol–water partition coefficient (Wildman–Crippen LogP) is 5.48. The number of piperidine rings is 1. The van der Waals surface area contributed by atoms with Crippen molar-refractivity contribution >= 4 is 46.9 Å². The Kier molecular flexibility index (Phi) is 10.8. The quantitative estimate of drug-likeness (QED) is 0.100. The molecule has 0 atom stereocenters. The van der Waals surface area contributed by atoms with Crippen molar-refractivity contribution in [3.63, 3.8) is 0 Å². The number of aliphatic imine (C=N–C) groups is 1. The van der Waals surface area contributed by atoms with Gasteiger partial charge in [0.2, 0.25) is 17.0 Å². The van der Waals surface area contributed by atoms with Gasteiger partial charge in [0.25, 0.3) is 0 Å². The number of thiocarbonyl (C=S) groups is 1. The van der Waals surface area contributed by atoms with Gasteiger partial charge in [0.05, 0.1) is 25.3 Å². The van der Waals surface area contributed by atoms with Crippen LogP contribution in [0.3, 0.4) is 0 Å². The minimum absolute atomic E-state index is 0.0620. The van der Waals surface area contributed by atoms with Crippen molar-refractivity contribution in [3.8, 4) is 0 Å². The van der Waals surface area contributed by atoms with E-state index >= 15 is 0 Å². The number of aromatic nitrogens is 2. The maximum absolute atomic E-state index is 12.4. The van der Waals surface area contributed by atoms with E-state index in [9.17, 15) is 14.7 Å². The average molecular weight is 667 g/mol. The Hall–Kier alpha value is -5.20. The fourth-order valence-corrected chi connectivity index (χ4v) is 6.21. The number of hydrogen-bond donors (Lipinski definition) is 3. The van der Waals surface area contributed by atoms with Crippen LogP contribution in [-0.2, 0) is 15.1 Å². The molecule has 1 aromatic heterocycles. The molecule has 12 heteroatoms. The Morgan fingerprint density at radius 2 is 1.33 bits per heavy atom. The lowest BCUT2D eigenvalue weighted by Gasteiger charge is -2.43. The van der Waals surface area contributed by atoms with E-state index < -0.39 is 17.5 Å². The van der Waals surface area contributed by atoms with Crippen LogP contribution in [0, 0.1) is 19.8 Å². The fraction of sp³-hybridized carbons (Fsp3) is 0.278. The summed E-state index contributed by atoms with van der Waals surface area (Å²) in [5.74, 6) is -0.555. The van der Waals surface area contributed by atoms with Crippen LogP contribution in [0.5, 0.6) is 0 Å². The summed E-state index contributed by atoms with van der Waals surface area (Å²) in [5.41, 5.74) is 2.71. The summed E-state index contributed by atoms with van der Waals surface area (Å²) in [7, 11) is 2.51. The highest BCUT2D eigenvalue weighted by atomic mass is 32.1. The van der Waals surface area contributed by atoms with Crippen LogP contribution < -0.4 is 10.6 Å². The molecule has 3 aromatic carbocycles. The number of likely N-dealkylation sites (tertiary alicyclic amines) is 1. The minimum atomic E-state index is -1.19. The zero-order valence-corrected chi connectivity index (χ0v) is 28.1. The van der Waals surface area contributed by atoms with E-state index in [1.165, 1.54) is 32.4 Å². The van der Waals surface area contributed by atoms with Gasteiger partial charge < -0.3 is 24.8 Å². The molecule has 48 heavy (non-hydrogen) atoms. The summed E-state index contributed by atoms with van der Waals surface area (Å²) in [6.45, 7) is 4.87. The zero-order valence-electron chi connectivity index (χ0n) is 27.3. The number of aryl methyl sites for hydroxylation is 2. The van der Waals surface area contributed by atoms with E-state index in [2.05, 4.69) is 20.6 Å². The van der Waals surface area contributed by atoms with Crippen molar-refractivity contribution in [1.29, 1.82) is 0 Å². The maximum atomic E-state index is 12.4. The van der Waals surface area contributed by atoms with Crippen molar-refractivity contribution < 1.29 is 24.2 Å². The minimum Gasteiger partial charge on any atom is -0.465 e. The molecule has 1 aliphatic heterocycles. The van der Waals surface area contributed by atoms with Crippen LogP contribution in [-0.4, -0.2) is 70.3 Å². The lowest BCUT2D eigenvalue weighted by molar-refractivity contribution is -0.00653. The van der Waals surface area contributed by atoms with Gasteiger partial charge in [-0.15, -0.1) is 0 Å². The first kappa shape index (κ1) is 34.1. The van der Waals surface area contributed by atoms with Gasteiger partial charge in [-0.3, -0.25) is 5.32 Å². The fourth-order valence-electron chi connectivity index (χ4n) is 6.01. The number of rotatable bonds is 7. The first-order chi connectivity index (χ1) is 23.1. The highest BCUT2D eigenvalue weighted by Gasteiger charge is 2.42. The van der Waals surface area contributed by atoms with Crippen LogP contribution in [0.15, 0.2) is 89.9 Å². The third-order valence-corrected chi connectivity index (χ3v) is 8.45. The summed E-state index contributed by atoms with van der Waals surface area (Å²) in [5, 5.41) is 18.7. The molecule has 0 radical (unpaired) electrons. The van der Waals surface area contributed by atoms with Crippen molar-refractivity contribution in [2.24, 2.45) is 10.9 Å². The largest absolute Gasteiger partial charge is 0.465 e. The number of aliphatic hydroxyl groups is 1. The summed E-state index contributed by atoms with van der Waals surface area (Å²) in [4.78, 5) is 40.5. The lowest BCUT2D eigenvalue weighted by Crippen LogP contribution is -2.48. The van der Waals surface area contributed by atoms with Gasteiger partial charge in [0.15, 0.2) is 0 Å². The molecule has 248 valence electrons. The van der Waals surface area contributed by atoms with Gasteiger partial charge in [0.1, 0.15) is 5.60 Å². The predicted molar refractivity (Wildman–Crippen MR) is 188 cm³/mol. The van der Waals surface area contributed by atoms with Crippen LogP contribution in [0.25, 0.3) is 0 Å². The molecule has 0 bridgehead atoms. The summed E-state index contributed by atoms with van der Waals surface area (Å²) < 4.78 is 9.71. The van der Waals surface area contributed by atoms with E-state index in [-0.39, 0.29) is 22.2 Å². The molecule has 0 amide bonds. The van der Waals surface area contributed by atoms with Crippen LogP contribution >= 0.6 is 12.2 Å². The second-order valence-corrected chi connectivity index (χ2v) is 11.9. The third-order valence-electron chi connectivity index (χ3n) is 8.25. The SMILES string of the molecule is COC(=O)c1cc(NC(=S)/N=C(/Nc2nc(C)cc(C)n2)N2CCC(C(O)(c3ccccc3)c3ccccc3)CC2)cc(C(=O)OC)c1. The molecule has 0 saturated carbocycles. The number of esters is 2. The third kappa shape index (κ3) is 7.84. The molecule has 1 aliphatic rings. The Morgan fingerprint density at radius 1 is 0.833 bits per heavy atom. The van der Waals surface area contributed by atoms with E-state index in [1.807, 2.05) is 85.5 Å². The lowest BCUT2D eigenvalue weighted by atomic mass is 9.72. The van der Waals surface area contributed by atoms with Crippen molar-refractivity contribution in [1.82, 2.24) is 14.9 Å². The number of nitrogens with one attached hydrogen (secondary N) is 2. The van der Waals surface area contributed by atoms with Crippen LogP contribution in [0.4, 0.5) is 11.6 Å². The molecular weight excluding hydrogens is 629 g/mol. The van der Waals surface area contributed by atoms with Gasteiger partial charge >= 0.3 is 11.9 Å². The Morgan fingerprint density at radius 3 is 1.81 bits per heavy atom. The molecule has 0 aliphatic carbocycles. The monoisotopic (exact) mass is 666 g/mol. The maximum Gasteiger partial charge on any atom is 0.337 e. The number of carbonyl (C=O) groups excluding carboxylic acids is 2. The first-order valence-corrected chi connectivity index (χ1v) is 15.9. The van der Waals surface area contributed by atoms with Crippen LogP contribution in [0.1, 0.15) is 56.1 Å². The average Bonchev–Trinajstić information content (AvgIpc) is 3.10. The normalized spacial score (nSPS) is 13.9. The molecule has 11 nitrogen and oxygen atoms in total. The van der Waals surface area contributed by atoms with Gasteiger partial charge in [-0.25, -0.2) is 19.6 Å². The van der Waals surface area contributed by atoms with Gasteiger partial charge in [-0.2, -0.15) is 4.99 Å². The molecule has 2 heterocycles. The van der Waals surface area contributed by atoms with Crippen molar-refractivity contribution in [2.75, 3.05) is 37.9 Å². The molecule has 1 saturated heterocycles. The number of nitrogens with zero attached hydrogens (tertiary/aromatic N) is 4. The summed E-state index contributed by atoms with van der Waals surface area (Å²) in [6.07, 6.45) is 1.30. The highest BCUT2D eigenvalue weighted by Crippen LogP contribution is 2.42. The second kappa shape index (κ2) is 15.1. The Labute approximate surface area is 285 Å². The number of guanidine groups is 1. The number of benzene rings is 3. The van der Waals surface area contributed by atoms with Gasteiger partial charge in [-0.05, 0) is 80.2 Å². The standard InChI is InChI=1S/C36H38N6O5S/c1-23-19-24(2)38-33(37-23)40-34(41-35(48)39-30-21-25(31(43)46-3)20-26(22-30)32(44)47-4)42-17-15-29(16-18-42)36(45,27-11-7-5-8-12-27)28-13-9-6-10-14-28/h5-14,19-22,29,45H,15-18H2,1-4H3,(H2,37,38,39,40,41,48). The van der Waals surface area contributed by atoms with Gasteiger partial charge in [0, 0.05) is 30.2 Å². The first-order valence-electron chi connectivity index (χ1n) is 15.5. The summed E-state index contributed by atoms with van der Waals surface area (Å²) in [6, 6.07) is 25.8. The molecule has 0 unspecified atom stereocenters. The van der Waals surface area contributed by atoms with Gasteiger partial charge in [-0.1, -0.05) is 60.7 Å². The molecular formula is C36H38N6O5S.